The number of hydrogen-bond donors (Lipinski definition) is 2. The number of hydrogen-bond acceptors (Lipinski definition) is 5. The standard InChI is InChI=1S/C20H20F4N2O4S2/c21-14-4-3-12-1-2-13-9-16(20(22,23)24)19(11-18(13)31(27,28)17(12)10-14)32(29,30)26-15-5-7-25-8-6-15/h3-4,9-11,15,25-26H,1-2,5-8H2. The van der Waals surface area contributed by atoms with Crippen molar-refractivity contribution >= 4 is 19.9 Å². The third-order valence-corrected chi connectivity index (χ3v) is 9.17. The van der Waals surface area contributed by atoms with Gasteiger partial charge in [-0.2, -0.15) is 13.2 Å². The van der Waals surface area contributed by atoms with Crippen LogP contribution in [0.4, 0.5) is 17.6 Å². The minimum absolute atomic E-state index is 0.0680. The van der Waals surface area contributed by atoms with Crippen LogP contribution in [0.15, 0.2) is 45.0 Å². The van der Waals surface area contributed by atoms with Crippen LogP contribution in [0.3, 0.4) is 0 Å². The van der Waals surface area contributed by atoms with Crippen molar-refractivity contribution in [2.45, 2.75) is 52.6 Å². The maximum absolute atomic E-state index is 13.8. The summed E-state index contributed by atoms with van der Waals surface area (Å²) in [7, 11) is -9.14. The first-order valence-corrected chi connectivity index (χ1v) is 12.9. The second-order valence-corrected chi connectivity index (χ2v) is 11.4. The topological polar surface area (TPSA) is 92.3 Å². The zero-order chi connectivity index (χ0) is 23.3. The predicted octanol–water partition coefficient (Wildman–Crippen LogP) is 2.81. The summed E-state index contributed by atoms with van der Waals surface area (Å²) >= 11 is 0. The number of piperidine rings is 1. The monoisotopic (exact) mass is 492 g/mol. The first kappa shape index (κ1) is 23.1. The van der Waals surface area contributed by atoms with Gasteiger partial charge in [-0.3, -0.25) is 0 Å². The minimum Gasteiger partial charge on any atom is -0.317 e. The molecule has 2 heterocycles. The van der Waals surface area contributed by atoms with Gasteiger partial charge in [0.2, 0.25) is 19.9 Å². The Bertz CT molecular complexity index is 1270. The van der Waals surface area contributed by atoms with Crippen molar-refractivity contribution in [3.8, 4) is 0 Å². The van der Waals surface area contributed by atoms with Gasteiger partial charge in [0.05, 0.1) is 20.2 Å². The summed E-state index contributed by atoms with van der Waals surface area (Å²) < 4.78 is 110. The second kappa shape index (κ2) is 8.08. The molecule has 0 aliphatic carbocycles. The molecule has 12 heteroatoms. The van der Waals surface area contributed by atoms with Crippen LogP contribution in [0.1, 0.15) is 29.5 Å². The quantitative estimate of drug-likeness (QED) is 0.643. The van der Waals surface area contributed by atoms with Crippen molar-refractivity contribution in [1.82, 2.24) is 10.0 Å². The molecule has 6 nitrogen and oxygen atoms in total. The van der Waals surface area contributed by atoms with Crippen molar-refractivity contribution in [3.63, 3.8) is 0 Å². The number of alkyl halides is 3. The van der Waals surface area contributed by atoms with Gasteiger partial charge in [-0.05, 0) is 74.2 Å². The van der Waals surface area contributed by atoms with Crippen LogP contribution in [0.25, 0.3) is 0 Å². The molecule has 2 aliphatic rings. The third-order valence-electron chi connectivity index (χ3n) is 5.69. The molecule has 0 spiro atoms. The minimum atomic E-state index is -5.03. The highest BCUT2D eigenvalue weighted by Gasteiger charge is 2.41. The van der Waals surface area contributed by atoms with Gasteiger partial charge in [0, 0.05) is 6.04 Å². The largest absolute Gasteiger partial charge is 0.417 e. The molecular formula is C20H20F4N2O4S2. The number of sulfone groups is 1. The van der Waals surface area contributed by atoms with E-state index in [1.807, 2.05) is 0 Å². The Labute approximate surface area is 183 Å². The summed E-state index contributed by atoms with van der Waals surface area (Å²) in [5, 5.41) is 3.02. The van der Waals surface area contributed by atoms with E-state index in [0.717, 1.165) is 12.1 Å². The fourth-order valence-electron chi connectivity index (χ4n) is 4.09. The smallest absolute Gasteiger partial charge is 0.317 e. The molecule has 174 valence electrons. The fraction of sp³-hybridized carbons (Fsp3) is 0.400. The molecule has 0 atom stereocenters. The van der Waals surface area contributed by atoms with Crippen LogP contribution in [-0.2, 0) is 38.9 Å². The van der Waals surface area contributed by atoms with Crippen molar-refractivity contribution < 1.29 is 34.4 Å². The van der Waals surface area contributed by atoms with Crippen molar-refractivity contribution in [2.24, 2.45) is 0 Å². The zero-order valence-electron chi connectivity index (χ0n) is 16.7. The van der Waals surface area contributed by atoms with E-state index >= 15 is 0 Å². The summed E-state index contributed by atoms with van der Waals surface area (Å²) in [6, 6.07) is 3.73. The predicted molar refractivity (Wildman–Crippen MR) is 107 cm³/mol. The molecule has 2 aromatic carbocycles. The number of aryl methyl sites for hydroxylation is 2. The van der Waals surface area contributed by atoms with Crippen LogP contribution >= 0.6 is 0 Å². The van der Waals surface area contributed by atoms with E-state index in [9.17, 15) is 34.4 Å². The second-order valence-electron chi connectivity index (χ2n) is 7.85. The lowest BCUT2D eigenvalue weighted by atomic mass is 10.0. The first-order valence-electron chi connectivity index (χ1n) is 9.90. The molecule has 0 radical (unpaired) electrons. The Morgan fingerprint density at radius 2 is 1.59 bits per heavy atom. The molecule has 1 fully saturated rings. The van der Waals surface area contributed by atoms with E-state index in [2.05, 4.69) is 10.0 Å². The molecule has 32 heavy (non-hydrogen) atoms. The van der Waals surface area contributed by atoms with Gasteiger partial charge < -0.3 is 5.32 Å². The van der Waals surface area contributed by atoms with Gasteiger partial charge in [-0.15, -0.1) is 0 Å². The van der Waals surface area contributed by atoms with E-state index in [0.29, 0.717) is 38.1 Å². The molecular weight excluding hydrogens is 472 g/mol. The highest BCUT2D eigenvalue weighted by Crippen LogP contribution is 2.40. The summed E-state index contributed by atoms with van der Waals surface area (Å²) in [5.41, 5.74) is -1.33. The zero-order valence-corrected chi connectivity index (χ0v) is 18.3. The fourth-order valence-corrected chi connectivity index (χ4v) is 7.50. The Balaban J connectivity index is 1.91. The molecule has 4 rings (SSSR count). The molecule has 0 bridgehead atoms. The Morgan fingerprint density at radius 3 is 2.25 bits per heavy atom. The molecule has 0 unspecified atom stereocenters. The first-order chi connectivity index (χ1) is 14.9. The average molecular weight is 493 g/mol. The molecule has 0 aromatic heterocycles. The van der Waals surface area contributed by atoms with E-state index < -0.39 is 53.3 Å². The summed E-state index contributed by atoms with van der Waals surface area (Å²) in [6.07, 6.45) is -4.26. The summed E-state index contributed by atoms with van der Waals surface area (Å²) in [4.78, 5) is -2.07. The van der Waals surface area contributed by atoms with E-state index in [1.165, 1.54) is 6.07 Å². The van der Waals surface area contributed by atoms with Gasteiger partial charge in [-0.1, -0.05) is 6.07 Å². The van der Waals surface area contributed by atoms with Crippen LogP contribution in [0.5, 0.6) is 0 Å². The van der Waals surface area contributed by atoms with E-state index in [4.69, 9.17) is 0 Å². The summed E-state index contributed by atoms with van der Waals surface area (Å²) in [6.45, 7) is 1.00. The highest BCUT2D eigenvalue weighted by atomic mass is 32.2. The van der Waals surface area contributed by atoms with Crippen molar-refractivity contribution in [2.75, 3.05) is 13.1 Å². The molecule has 2 N–H and O–H groups in total. The lowest BCUT2D eigenvalue weighted by Gasteiger charge is -2.25. The molecule has 0 saturated carbocycles. The Morgan fingerprint density at radius 1 is 0.969 bits per heavy atom. The van der Waals surface area contributed by atoms with Gasteiger partial charge in [-0.25, -0.2) is 25.9 Å². The van der Waals surface area contributed by atoms with Crippen molar-refractivity contribution in [3.05, 3.63) is 52.8 Å². The molecule has 0 amide bonds. The lowest BCUT2D eigenvalue weighted by Crippen LogP contribution is -2.43. The Hall–Kier alpha value is -2.02. The lowest BCUT2D eigenvalue weighted by molar-refractivity contribution is -0.140. The summed E-state index contributed by atoms with van der Waals surface area (Å²) in [5.74, 6) is -0.817. The Kier molecular flexibility index (Phi) is 5.85. The maximum Gasteiger partial charge on any atom is 0.417 e. The third kappa shape index (κ3) is 4.28. The van der Waals surface area contributed by atoms with Crippen LogP contribution in [0, 0.1) is 5.82 Å². The number of sulfonamides is 1. The van der Waals surface area contributed by atoms with Gasteiger partial charge in [0.25, 0.3) is 0 Å². The van der Waals surface area contributed by atoms with Crippen molar-refractivity contribution in [1.29, 1.82) is 0 Å². The van der Waals surface area contributed by atoms with E-state index in [1.54, 1.807) is 0 Å². The molecule has 2 aromatic rings. The maximum atomic E-state index is 13.8. The van der Waals surface area contributed by atoms with Crippen LogP contribution < -0.4 is 10.0 Å². The number of rotatable bonds is 3. The molecule has 1 saturated heterocycles. The van der Waals surface area contributed by atoms with Crippen LogP contribution in [0.2, 0.25) is 0 Å². The van der Waals surface area contributed by atoms with Gasteiger partial charge in [0.15, 0.2) is 0 Å². The van der Waals surface area contributed by atoms with Gasteiger partial charge in [0.1, 0.15) is 5.82 Å². The van der Waals surface area contributed by atoms with Gasteiger partial charge >= 0.3 is 6.18 Å². The number of benzene rings is 2. The van der Waals surface area contributed by atoms with E-state index in [-0.39, 0.29) is 28.9 Å². The number of fused-ring (bicyclic) bond motifs is 2. The number of nitrogens with one attached hydrogen (secondary N) is 2. The SMILES string of the molecule is O=S(=O)(NC1CCNCC1)c1cc2c(cc1C(F)(F)F)CCc1ccc(F)cc1S2(=O)=O. The van der Waals surface area contributed by atoms with Crippen LogP contribution in [-0.4, -0.2) is 36.0 Å². The molecule has 2 aliphatic heterocycles. The highest BCUT2D eigenvalue weighted by molar-refractivity contribution is 7.92. The normalized spacial score (nSPS) is 19.1. The average Bonchev–Trinajstić information content (AvgIpc) is 2.81. The number of halogens is 4.